The lowest BCUT2D eigenvalue weighted by Crippen LogP contribution is -2.35. The summed E-state index contributed by atoms with van der Waals surface area (Å²) in [5, 5.41) is 8.47. The number of nitrogens with one attached hydrogen (secondary N) is 1. The number of carbonyl (C=O) groups excluding carboxylic acids is 1. The number of ether oxygens (including phenoxy) is 1. The van der Waals surface area contributed by atoms with E-state index in [1.54, 1.807) is 0 Å². The number of amides is 1. The Bertz CT molecular complexity index is 1360. The van der Waals surface area contributed by atoms with Crippen molar-refractivity contribution in [1.82, 2.24) is 19.5 Å². The zero-order chi connectivity index (χ0) is 25.1. The molecule has 1 saturated heterocycles. The van der Waals surface area contributed by atoms with Crippen LogP contribution in [0.15, 0.2) is 54.6 Å². The number of halogens is 1. The van der Waals surface area contributed by atoms with Crippen molar-refractivity contribution >= 4 is 28.8 Å². The summed E-state index contributed by atoms with van der Waals surface area (Å²) in [5.41, 5.74) is 7.63. The first-order valence-corrected chi connectivity index (χ1v) is 12.6. The van der Waals surface area contributed by atoms with Crippen molar-refractivity contribution in [2.75, 3.05) is 31.6 Å². The molecule has 2 aromatic carbocycles. The van der Waals surface area contributed by atoms with Gasteiger partial charge in [-0.3, -0.25) is 9.69 Å². The summed E-state index contributed by atoms with van der Waals surface area (Å²) in [4.78, 5) is 19.8. The molecule has 0 atom stereocenters. The number of aryl methyl sites for hydroxylation is 2. The number of aromatic nitrogens is 3. The van der Waals surface area contributed by atoms with Gasteiger partial charge in [-0.2, -0.15) is 5.10 Å². The van der Waals surface area contributed by atoms with Gasteiger partial charge in [0.25, 0.3) is 0 Å². The predicted molar refractivity (Wildman–Crippen MR) is 142 cm³/mol. The van der Waals surface area contributed by atoms with Gasteiger partial charge in [0.05, 0.1) is 18.9 Å². The van der Waals surface area contributed by atoms with Crippen LogP contribution in [0.4, 0.5) is 5.69 Å². The van der Waals surface area contributed by atoms with Crippen LogP contribution in [-0.4, -0.2) is 51.7 Å². The second-order valence-electron chi connectivity index (χ2n) is 9.20. The molecule has 0 saturated carbocycles. The average molecular weight is 504 g/mol. The monoisotopic (exact) mass is 503 g/mol. The summed E-state index contributed by atoms with van der Waals surface area (Å²) in [7, 11) is 0. The average Bonchev–Trinajstić information content (AvgIpc) is 3.30. The van der Waals surface area contributed by atoms with Gasteiger partial charge < -0.3 is 10.1 Å². The summed E-state index contributed by atoms with van der Waals surface area (Å²) in [6, 6.07) is 17.7. The van der Waals surface area contributed by atoms with Crippen molar-refractivity contribution in [2.45, 2.75) is 33.2 Å². The van der Waals surface area contributed by atoms with Gasteiger partial charge in [0.2, 0.25) is 5.91 Å². The third kappa shape index (κ3) is 5.59. The first kappa shape index (κ1) is 24.4. The first-order valence-electron chi connectivity index (χ1n) is 12.3. The normalized spacial score (nSPS) is 14.3. The SMILES string of the molecule is Cc1nc2cc(-c3ccc(Cl)cc3)nn2c(C)c1CCC(=O)Nc1ccc(CN2CCOCC2)cc1. The summed E-state index contributed by atoms with van der Waals surface area (Å²) in [6.07, 6.45) is 0.966. The Hall–Kier alpha value is -3.26. The van der Waals surface area contributed by atoms with Crippen LogP contribution in [0.1, 0.15) is 28.9 Å². The molecule has 0 unspecified atom stereocenters. The van der Waals surface area contributed by atoms with Crippen LogP contribution in [0.25, 0.3) is 16.9 Å². The van der Waals surface area contributed by atoms with Crippen LogP contribution in [-0.2, 0) is 22.5 Å². The fourth-order valence-electron chi connectivity index (χ4n) is 4.62. The van der Waals surface area contributed by atoms with Crippen molar-refractivity contribution in [3.63, 3.8) is 0 Å². The molecular weight excluding hydrogens is 474 g/mol. The van der Waals surface area contributed by atoms with E-state index in [1.165, 1.54) is 5.56 Å². The highest BCUT2D eigenvalue weighted by Crippen LogP contribution is 2.24. The maximum atomic E-state index is 12.7. The van der Waals surface area contributed by atoms with Gasteiger partial charge in [-0.15, -0.1) is 0 Å². The second kappa shape index (κ2) is 10.8. The van der Waals surface area contributed by atoms with Gasteiger partial charge in [-0.05, 0) is 55.7 Å². The highest BCUT2D eigenvalue weighted by molar-refractivity contribution is 6.30. The number of anilines is 1. The highest BCUT2D eigenvalue weighted by atomic mass is 35.5. The fourth-order valence-corrected chi connectivity index (χ4v) is 4.75. The van der Waals surface area contributed by atoms with Gasteiger partial charge in [0.15, 0.2) is 5.65 Å². The Morgan fingerprint density at radius 1 is 1.06 bits per heavy atom. The van der Waals surface area contributed by atoms with Crippen LogP contribution >= 0.6 is 11.6 Å². The summed E-state index contributed by atoms with van der Waals surface area (Å²) in [6.45, 7) is 8.42. The number of fused-ring (bicyclic) bond motifs is 1. The van der Waals surface area contributed by atoms with E-state index >= 15 is 0 Å². The first-order chi connectivity index (χ1) is 17.5. The van der Waals surface area contributed by atoms with E-state index in [1.807, 2.05) is 60.8 Å². The Morgan fingerprint density at radius 3 is 2.50 bits per heavy atom. The third-order valence-corrected chi connectivity index (χ3v) is 6.91. The summed E-state index contributed by atoms with van der Waals surface area (Å²) in [5.74, 6) is -0.0165. The minimum Gasteiger partial charge on any atom is -0.379 e. The second-order valence-corrected chi connectivity index (χ2v) is 9.64. The largest absolute Gasteiger partial charge is 0.379 e. The number of carbonyl (C=O) groups is 1. The smallest absolute Gasteiger partial charge is 0.224 e. The number of nitrogens with zero attached hydrogens (tertiary/aromatic N) is 4. The van der Waals surface area contributed by atoms with Crippen molar-refractivity contribution in [1.29, 1.82) is 0 Å². The topological polar surface area (TPSA) is 71.8 Å². The van der Waals surface area contributed by atoms with E-state index in [2.05, 4.69) is 22.3 Å². The summed E-state index contributed by atoms with van der Waals surface area (Å²) >= 11 is 6.02. The molecule has 1 fully saturated rings. The Kier molecular flexibility index (Phi) is 7.32. The fraction of sp³-hybridized carbons (Fsp3) is 0.321. The molecule has 4 aromatic rings. The molecule has 186 valence electrons. The molecule has 2 aromatic heterocycles. The molecule has 1 N–H and O–H groups in total. The minimum atomic E-state index is -0.0165. The molecule has 0 bridgehead atoms. The van der Waals surface area contributed by atoms with E-state index in [0.717, 1.165) is 72.4 Å². The molecule has 0 aliphatic carbocycles. The lowest BCUT2D eigenvalue weighted by atomic mass is 10.1. The van der Waals surface area contributed by atoms with Crippen LogP contribution in [0.3, 0.4) is 0 Å². The molecule has 7 nitrogen and oxygen atoms in total. The molecule has 0 radical (unpaired) electrons. The number of benzene rings is 2. The number of hydrogen-bond donors (Lipinski definition) is 1. The predicted octanol–water partition coefficient (Wildman–Crippen LogP) is 5.07. The van der Waals surface area contributed by atoms with E-state index in [-0.39, 0.29) is 5.91 Å². The van der Waals surface area contributed by atoms with Gasteiger partial charge in [0, 0.05) is 59.8 Å². The van der Waals surface area contributed by atoms with Gasteiger partial charge in [-0.25, -0.2) is 9.50 Å². The van der Waals surface area contributed by atoms with Crippen molar-refractivity contribution in [2.24, 2.45) is 0 Å². The molecule has 1 amide bonds. The quantitative estimate of drug-likeness (QED) is 0.381. The Labute approximate surface area is 216 Å². The lowest BCUT2D eigenvalue weighted by molar-refractivity contribution is -0.116. The van der Waals surface area contributed by atoms with Crippen LogP contribution in [0.2, 0.25) is 5.02 Å². The zero-order valence-corrected chi connectivity index (χ0v) is 21.4. The standard InChI is InChI=1S/C28H30ClN5O2/c1-19-25(20(2)34-27(30-19)17-26(32-34)22-5-7-23(29)8-6-22)11-12-28(35)31-24-9-3-21(4-10-24)18-33-13-15-36-16-14-33/h3-10,17H,11-16,18H2,1-2H3,(H,31,35). The molecule has 8 heteroatoms. The molecular formula is C28H30ClN5O2. The molecule has 5 rings (SSSR count). The molecule has 3 heterocycles. The van der Waals surface area contributed by atoms with Crippen molar-refractivity contribution < 1.29 is 9.53 Å². The van der Waals surface area contributed by atoms with E-state index < -0.39 is 0 Å². The van der Waals surface area contributed by atoms with Gasteiger partial charge in [0.1, 0.15) is 0 Å². The molecule has 0 spiro atoms. The molecule has 1 aliphatic rings. The van der Waals surface area contributed by atoms with Gasteiger partial charge >= 0.3 is 0 Å². The Morgan fingerprint density at radius 2 is 1.78 bits per heavy atom. The lowest BCUT2D eigenvalue weighted by Gasteiger charge is -2.26. The van der Waals surface area contributed by atoms with Crippen molar-refractivity contribution in [3.05, 3.63) is 82.1 Å². The number of hydrogen-bond acceptors (Lipinski definition) is 5. The Balaban J connectivity index is 1.22. The van der Waals surface area contributed by atoms with E-state index in [4.69, 9.17) is 26.4 Å². The zero-order valence-electron chi connectivity index (χ0n) is 20.6. The molecule has 1 aliphatic heterocycles. The molecule has 36 heavy (non-hydrogen) atoms. The minimum absolute atomic E-state index is 0.0165. The number of rotatable bonds is 7. The van der Waals surface area contributed by atoms with Crippen LogP contribution < -0.4 is 5.32 Å². The van der Waals surface area contributed by atoms with Gasteiger partial charge in [-0.1, -0.05) is 35.9 Å². The van der Waals surface area contributed by atoms with Crippen LogP contribution in [0, 0.1) is 13.8 Å². The third-order valence-electron chi connectivity index (χ3n) is 6.65. The van der Waals surface area contributed by atoms with E-state index in [0.29, 0.717) is 17.9 Å². The number of morpholine rings is 1. The van der Waals surface area contributed by atoms with Crippen molar-refractivity contribution in [3.8, 4) is 11.3 Å². The summed E-state index contributed by atoms with van der Waals surface area (Å²) < 4.78 is 7.27. The van der Waals surface area contributed by atoms with E-state index in [9.17, 15) is 4.79 Å². The maximum absolute atomic E-state index is 12.7. The van der Waals surface area contributed by atoms with Crippen LogP contribution in [0.5, 0.6) is 0 Å². The maximum Gasteiger partial charge on any atom is 0.224 e. The highest BCUT2D eigenvalue weighted by Gasteiger charge is 2.15.